The van der Waals surface area contributed by atoms with E-state index in [1.54, 1.807) is 6.92 Å². The maximum atomic E-state index is 12.5. The molecule has 0 bridgehead atoms. The Bertz CT molecular complexity index is 611. The smallest absolute Gasteiger partial charge is 0.416 e. The molecule has 25 heavy (non-hydrogen) atoms. The van der Waals surface area contributed by atoms with Crippen LogP contribution in [0.15, 0.2) is 24.3 Å². The molecule has 0 spiro atoms. The molecule has 1 rings (SSSR count). The maximum Gasteiger partial charge on any atom is 0.416 e. The van der Waals surface area contributed by atoms with Crippen molar-refractivity contribution in [2.45, 2.75) is 44.8 Å². The zero-order chi connectivity index (χ0) is 19.0. The summed E-state index contributed by atoms with van der Waals surface area (Å²) < 4.78 is 42.1. The standard InChI is InChI=1S/C17H20F3NO4/c1-3-13(22)8-9-14(16(24)25-2)21-15(23)10-11-4-6-12(7-5-11)17(18,19)20/h4-7,14H,3,8-10H2,1-2H3,(H,21,23)/t14-/m0/s1. The van der Waals surface area contributed by atoms with Crippen LogP contribution in [0.2, 0.25) is 0 Å². The van der Waals surface area contributed by atoms with E-state index in [1.165, 1.54) is 19.2 Å². The van der Waals surface area contributed by atoms with Crippen LogP contribution in [0, 0.1) is 0 Å². The van der Waals surface area contributed by atoms with Gasteiger partial charge in [-0.1, -0.05) is 19.1 Å². The molecule has 1 atom stereocenters. The van der Waals surface area contributed by atoms with Crippen LogP contribution in [0.1, 0.15) is 37.3 Å². The molecular weight excluding hydrogens is 339 g/mol. The zero-order valence-corrected chi connectivity index (χ0v) is 14.0. The SMILES string of the molecule is CCC(=O)CC[C@H](NC(=O)Cc1ccc(C(F)(F)F)cc1)C(=O)OC. The first-order chi connectivity index (χ1) is 11.7. The predicted octanol–water partition coefficient (Wildman–Crippen LogP) is 2.67. The summed E-state index contributed by atoms with van der Waals surface area (Å²) >= 11 is 0. The Kier molecular flexibility index (Phi) is 7.60. The largest absolute Gasteiger partial charge is 0.467 e. The zero-order valence-electron chi connectivity index (χ0n) is 14.0. The number of halogens is 3. The number of hydrogen-bond donors (Lipinski definition) is 1. The minimum Gasteiger partial charge on any atom is -0.467 e. The van der Waals surface area contributed by atoms with Crippen LogP contribution >= 0.6 is 0 Å². The lowest BCUT2D eigenvalue weighted by Gasteiger charge is -2.16. The van der Waals surface area contributed by atoms with E-state index in [9.17, 15) is 27.6 Å². The van der Waals surface area contributed by atoms with Crippen molar-refractivity contribution in [1.82, 2.24) is 5.32 Å². The number of ether oxygens (including phenoxy) is 1. The molecule has 1 aromatic carbocycles. The molecule has 5 nitrogen and oxygen atoms in total. The highest BCUT2D eigenvalue weighted by atomic mass is 19.4. The average Bonchev–Trinajstić information content (AvgIpc) is 2.57. The number of esters is 1. The molecule has 0 aliphatic heterocycles. The van der Waals surface area contributed by atoms with Gasteiger partial charge in [-0.3, -0.25) is 9.59 Å². The summed E-state index contributed by atoms with van der Waals surface area (Å²) in [6.45, 7) is 1.69. The second-order valence-corrected chi connectivity index (χ2v) is 5.45. The van der Waals surface area contributed by atoms with Gasteiger partial charge in [-0.05, 0) is 24.1 Å². The number of ketones is 1. The number of carbonyl (C=O) groups is 3. The van der Waals surface area contributed by atoms with Crippen LogP contribution in [-0.4, -0.2) is 30.8 Å². The highest BCUT2D eigenvalue weighted by molar-refractivity contribution is 5.86. The summed E-state index contributed by atoms with van der Waals surface area (Å²) in [7, 11) is 1.17. The van der Waals surface area contributed by atoms with Gasteiger partial charge in [-0.25, -0.2) is 4.79 Å². The van der Waals surface area contributed by atoms with Crippen LogP contribution in [-0.2, 0) is 31.7 Å². The number of carbonyl (C=O) groups excluding carboxylic acids is 3. The Balaban J connectivity index is 2.67. The molecule has 0 unspecified atom stereocenters. The molecule has 0 aromatic heterocycles. The topological polar surface area (TPSA) is 72.5 Å². The number of benzene rings is 1. The third-order valence-corrected chi connectivity index (χ3v) is 3.57. The van der Waals surface area contributed by atoms with Crippen molar-refractivity contribution in [2.75, 3.05) is 7.11 Å². The molecule has 1 aromatic rings. The number of amides is 1. The van der Waals surface area contributed by atoms with E-state index in [0.29, 0.717) is 12.0 Å². The summed E-state index contributed by atoms with van der Waals surface area (Å²) in [5, 5.41) is 2.45. The predicted molar refractivity (Wildman–Crippen MR) is 83.6 cm³/mol. The minimum absolute atomic E-state index is 0.0501. The van der Waals surface area contributed by atoms with E-state index in [4.69, 9.17) is 0 Å². The fourth-order valence-corrected chi connectivity index (χ4v) is 2.12. The second kappa shape index (κ2) is 9.19. The Morgan fingerprint density at radius 1 is 1.16 bits per heavy atom. The van der Waals surface area contributed by atoms with E-state index in [-0.39, 0.29) is 25.0 Å². The molecule has 8 heteroatoms. The first-order valence-electron chi connectivity index (χ1n) is 7.72. The van der Waals surface area contributed by atoms with Crippen molar-refractivity contribution < 1.29 is 32.3 Å². The number of rotatable bonds is 8. The minimum atomic E-state index is -4.44. The van der Waals surface area contributed by atoms with E-state index in [0.717, 1.165) is 12.1 Å². The van der Waals surface area contributed by atoms with E-state index in [2.05, 4.69) is 10.1 Å². The summed E-state index contributed by atoms with van der Waals surface area (Å²) in [6.07, 6.45) is -4.07. The average molecular weight is 359 g/mol. The van der Waals surface area contributed by atoms with Crippen molar-refractivity contribution in [3.8, 4) is 0 Å². The molecule has 0 aliphatic rings. The molecule has 1 N–H and O–H groups in total. The van der Waals surface area contributed by atoms with Gasteiger partial charge < -0.3 is 10.1 Å². The third kappa shape index (κ3) is 6.94. The van der Waals surface area contributed by atoms with Crippen molar-refractivity contribution in [3.05, 3.63) is 35.4 Å². The van der Waals surface area contributed by atoms with Crippen molar-refractivity contribution in [1.29, 1.82) is 0 Å². The Morgan fingerprint density at radius 3 is 2.24 bits per heavy atom. The van der Waals surface area contributed by atoms with Crippen molar-refractivity contribution >= 4 is 17.7 Å². The van der Waals surface area contributed by atoms with Gasteiger partial charge in [0.15, 0.2) is 0 Å². The molecule has 0 radical (unpaired) electrons. The highest BCUT2D eigenvalue weighted by Crippen LogP contribution is 2.29. The third-order valence-electron chi connectivity index (χ3n) is 3.57. The summed E-state index contributed by atoms with van der Waals surface area (Å²) in [6, 6.07) is 3.22. The van der Waals surface area contributed by atoms with Crippen LogP contribution < -0.4 is 5.32 Å². The quantitative estimate of drug-likeness (QED) is 0.725. The maximum absolute atomic E-state index is 12.5. The summed E-state index contributed by atoms with van der Waals surface area (Å²) in [5.74, 6) is -1.27. The Labute approximate surface area is 143 Å². The van der Waals surface area contributed by atoms with Crippen LogP contribution in [0.25, 0.3) is 0 Å². The second-order valence-electron chi connectivity index (χ2n) is 5.45. The van der Waals surface area contributed by atoms with E-state index in [1.807, 2.05) is 0 Å². The molecule has 0 heterocycles. The van der Waals surface area contributed by atoms with Crippen molar-refractivity contribution in [2.24, 2.45) is 0 Å². The Hall–Kier alpha value is -2.38. The first-order valence-corrected chi connectivity index (χ1v) is 7.72. The van der Waals surface area contributed by atoms with Gasteiger partial charge in [0.25, 0.3) is 0 Å². The Morgan fingerprint density at radius 2 is 1.76 bits per heavy atom. The van der Waals surface area contributed by atoms with Gasteiger partial charge in [0.1, 0.15) is 11.8 Å². The van der Waals surface area contributed by atoms with E-state index < -0.39 is 29.7 Å². The summed E-state index contributed by atoms with van der Waals surface area (Å²) in [4.78, 5) is 35.1. The van der Waals surface area contributed by atoms with Crippen LogP contribution in [0.5, 0.6) is 0 Å². The van der Waals surface area contributed by atoms with Gasteiger partial charge in [-0.15, -0.1) is 0 Å². The van der Waals surface area contributed by atoms with Crippen LogP contribution in [0.4, 0.5) is 13.2 Å². The van der Waals surface area contributed by atoms with Gasteiger partial charge in [0.05, 0.1) is 19.1 Å². The number of nitrogens with one attached hydrogen (secondary N) is 1. The van der Waals surface area contributed by atoms with E-state index >= 15 is 0 Å². The summed E-state index contributed by atoms with van der Waals surface area (Å²) in [5.41, 5.74) is -0.430. The van der Waals surface area contributed by atoms with Crippen LogP contribution in [0.3, 0.4) is 0 Å². The van der Waals surface area contributed by atoms with Gasteiger partial charge in [0, 0.05) is 12.8 Å². The van der Waals surface area contributed by atoms with Gasteiger partial charge in [-0.2, -0.15) is 13.2 Å². The molecule has 138 valence electrons. The van der Waals surface area contributed by atoms with Crippen molar-refractivity contribution in [3.63, 3.8) is 0 Å². The monoisotopic (exact) mass is 359 g/mol. The lowest BCUT2D eigenvalue weighted by Crippen LogP contribution is -2.42. The molecular formula is C17H20F3NO4. The lowest BCUT2D eigenvalue weighted by atomic mass is 10.1. The number of alkyl halides is 3. The fourth-order valence-electron chi connectivity index (χ4n) is 2.12. The fraction of sp³-hybridized carbons (Fsp3) is 0.471. The molecule has 0 aliphatic carbocycles. The molecule has 0 saturated carbocycles. The lowest BCUT2D eigenvalue weighted by molar-refractivity contribution is -0.145. The van der Waals surface area contributed by atoms with Gasteiger partial charge in [0.2, 0.25) is 5.91 Å². The molecule has 1 amide bonds. The molecule has 0 fully saturated rings. The van der Waals surface area contributed by atoms with Gasteiger partial charge >= 0.3 is 12.1 Å². The number of methoxy groups -OCH3 is 1. The first kappa shape index (κ1) is 20.7. The highest BCUT2D eigenvalue weighted by Gasteiger charge is 2.30. The number of Topliss-reactive ketones (excluding diaryl/α,β-unsaturated/α-hetero) is 1. The molecule has 0 saturated heterocycles. The number of hydrogen-bond acceptors (Lipinski definition) is 4. The normalized spacial score (nSPS) is 12.4.